The summed E-state index contributed by atoms with van der Waals surface area (Å²) in [5.74, 6) is -0.587. The molecular weight excluding hydrogens is 453 g/mol. The Kier molecular flexibility index (Phi) is 7.63. The lowest BCUT2D eigenvalue weighted by Crippen LogP contribution is -2.34. The van der Waals surface area contributed by atoms with Crippen molar-refractivity contribution in [1.82, 2.24) is 5.32 Å². The molecule has 2 N–H and O–H groups in total. The number of nitrogens with one attached hydrogen (secondary N) is 2. The number of nitrogens with zero attached hydrogens (tertiary/aromatic N) is 1. The zero-order chi connectivity index (χ0) is 22.4. The van der Waals surface area contributed by atoms with Gasteiger partial charge in [0.15, 0.2) is 5.11 Å². The Morgan fingerprint density at radius 2 is 1.58 bits per heavy atom. The van der Waals surface area contributed by atoms with Crippen molar-refractivity contribution in [3.63, 3.8) is 0 Å². The number of para-hydroxylation sites is 1. The summed E-state index contributed by atoms with van der Waals surface area (Å²) in [6.07, 6.45) is 0. The van der Waals surface area contributed by atoms with Crippen molar-refractivity contribution < 1.29 is 9.59 Å². The fourth-order valence-corrected chi connectivity index (χ4v) is 3.70. The first kappa shape index (κ1) is 22.7. The predicted octanol–water partition coefficient (Wildman–Crippen LogP) is 5.79. The SMILES string of the molecule is CCN(C(=O)c1cccc(NC(=S)NC(=O)c2cc(Cl)cc(Cl)c2)c1)c1ccccc1. The first-order valence-electron chi connectivity index (χ1n) is 9.42. The van der Waals surface area contributed by atoms with Crippen LogP contribution in [-0.4, -0.2) is 23.5 Å². The molecule has 0 aliphatic heterocycles. The molecule has 158 valence electrons. The first-order chi connectivity index (χ1) is 14.9. The summed E-state index contributed by atoms with van der Waals surface area (Å²) in [6, 6.07) is 20.9. The average molecular weight is 472 g/mol. The van der Waals surface area contributed by atoms with E-state index in [0.717, 1.165) is 5.69 Å². The Bertz CT molecular complexity index is 1100. The van der Waals surface area contributed by atoms with Crippen LogP contribution >= 0.6 is 35.4 Å². The Labute approximate surface area is 196 Å². The highest BCUT2D eigenvalue weighted by Gasteiger charge is 2.16. The molecule has 3 aromatic carbocycles. The maximum Gasteiger partial charge on any atom is 0.258 e. The van der Waals surface area contributed by atoms with Gasteiger partial charge in [0, 0.05) is 39.1 Å². The van der Waals surface area contributed by atoms with Crippen LogP contribution in [0.4, 0.5) is 11.4 Å². The van der Waals surface area contributed by atoms with E-state index in [1.54, 1.807) is 29.2 Å². The van der Waals surface area contributed by atoms with Gasteiger partial charge >= 0.3 is 0 Å². The van der Waals surface area contributed by atoms with Crippen molar-refractivity contribution in [2.75, 3.05) is 16.8 Å². The molecule has 0 radical (unpaired) electrons. The summed E-state index contributed by atoms with van der Waals surface area (Å²) < 4.78 is 0. The van der Waals surface area contributed by atoms with E-state index in [9.17, 15) is 9.59 Å². The Morgan fingerprint density at radius 3 is 2.23 bits per heavy atom. The number of carbonyl (C=O) groups excluding carboxylic acids is 2. The van der Waals surface area contributed by atoms with Crippen LogP contribution in [0.2, 0.25) is 10.0 Å². The molecule has 0 aliphatic carbocycles. The van der Waals surface area contributed by atoms with Crippen molar-refractivity contribution in [3.8, 4) is 0 Å². The average Bonchev–Trinajstić information content (AvgIpc) is 2.74. The van der Waals surface area contributed by atoms with E-state index in [1.165, 1.54) is 18.2 Å². The standard InChI is InChI=1S/C23H19Cl2N3O2S/c1-2-28(20-9-4-3-5-10-20)22(30)15-7-6-8-19(13-15)26-23(31)27-21(29)16-11-17(24)14-18(25)12-16/h3-14H,2H2,1H3,(H2,26,27,29,31). The number of hydrogen-bond acceptors (Lipinski definition) is 3. The molecule has 8 heteroatoms. The van der Waals surface area contributed by atoms with E-state index in [4.69, 9.17) is 35.4 Å². The van der Waals surface area contributed by atoms with Crippen LogP contribution in [0.15, 0.2) is 72.8 Å². The molecule has 2 amide bonds. The second kappa shape index (κ2) is 10.4. The molecule has 0 unspecified atom stereocenters. The first-order valence-corrected chi connectivity index (χ1v) is 10.6. The van der Waals surface area contributed by atoms with Crippen LogP contribution in [-0.2, 0) is 0 Å². The van der Waals surface area contributed by atoms with E-state index < -0.39 is 5.91 Å². The minimum absolute atomic E-state index is 0.0844. The highest BCUT2D eigenvalue weighted by Crippen LogP contribution is 2.20. The van der Waals surface area contributed by atoms with Crippen molar-refractivity contribution in [3.05, 3.63) is 94.0 Å². The Morgan fingerprint density at radius 1 is 0.903 bits per heavy atom. The van der Waals surface area contributed by atoms with Crippen LogP contribution in [0, 0.1) is 0 Å². The molecule has 31 heavy (non-hydrogen) atoms. The lowest BCUT2D eigenvalue weighted by molar-refractivity contribution is 0.0973. The van der Waals surface area contributed by atoms with E-state index >= 15 is 0 Å². The molecule has 0 bridgehead atoms. The van der Waals surface area contributed by atoms with Crippen LogP contribution < -0.4 is 15.5 Å². The fourth-order valence-electron chi connectivity index (χ4n) is 2.96. The third-order valence-corrected chi connectivity index (χ3v) is 4.99. The van der Waals surface area contributed by atoms with Crippen LogP contribution in [0.25, 0.3) is 0 Å². The Balaban J connectivity index is 1.70. The summed E-state index contributed by atoms with van der Waals surface area (Å²) >= 11 is 17.1. The van der Waals surface area contributed by atoms with Gasteiger partial charge in [-0.25, -0.2) is 0 Å². The number of carbonyl (C=O) groups is 2. The van der Waals surface area contributed by atoms with Crippen LogP contribution in [0.1, 0.15) is 27.6 Å². The molecule has 0 spiro atoms. The number of anilines is 2. The van der Waals surface area contributed by atoms with Gasteiger partial charge in [-0.1, -0.05) is 47.5 Å². The highest BCUT2D eigenvalue weighted by molar-refractivity contribution is 7.80. The molecule has 5 nitrogen and oxygen atoms in total. The number of amides is 2. The number of thiocarbonyl (C=S) groups is 1. The molecule has 3 aromatic rings. The quantitative estimate of drug-likeness (QED) is 0.462. The molecule has 0 saturated heterocycles. The fraction of sp³-hybridized carbons (Fsp3) is 0.0870. The van der Waals surface area contributed by atoms with Crippen molar-refractivity contribution >= 4 is 63.7 Å². The minimum atomic E-state index is -0.449. The second-order valence-corrected chi connectivity index (χ2v) is 7.81. The maximum absolute atomic E-state index is 13.0. The molecule has 0 aromatic heterocycles. The van der Waals surface area contributed by atoms with Gasteiger partial charge in [-0.05, 0) is 67.7 Å². The third-order valence-electron chi connectivity index (χ3n) is 4.35. The lowest BCUT2D eigenvalue weighted by Gasteiger charge is -2.21. The summed E-state index contributed by atoms with van der Waals surface area (Å²) in [5.41, 5.74) is 2.17. The maximum atomic E-state index is 13.0. The second-order valence-electron chi connectivity index (χ2n) is 6.53. The van der Waals surface area contributed by atoms with Gasteiger partial charge in [-0.3, -0.25) is 14.9 Å². The molecular formula is C23H19Cl2N3O2S. The topological polar surface area (TPSA) is 61.4 Å². The number of halogens is 2. The highest BCUT2D eigenvalue weighted by atomic mass is 35.5. The normalized spacial score (nSPS) is 10.3. The van der Waals surface area contributed by atoms with Gasteiger partial charge in [0.1, 0.15) is 0 Å². The third kappa shape index (κ3) is 6.04. The van der Waals surface area contributed by atoms with E-state index in [1.807, 2.05) is 37.3 Å². The Hall–Kier alpha value is -2.93. The van der Waals surface area contributed by atoms with Crippen LogP contribution in [0.5, 0.6) is 0 Å². The number of benzene rings is 3. The lowest BCUT2D eigenvalue weighted by atomic mass is 10.1. The molecule has 0 saturated carbocycles. The van der Waals surface area contributed by atoms with Gasteiger partial charge in [0.05, 0.1) is 0 Å². The zero-order valence-electron chi connectivity index (χ0n) is 16.6. The van der Waals surface area contributed by atoms with E-state index in [-0.39, 0.29) is 16.6 Å². The molecule has 3 rings (SSSR count). The predicted molar refractivity (Wildman–Crippen MR) is 130 cm³/mol. The van der Waals surface area contributed by atoms with Crippen molar-refractivity contribution in [2.45, 2.75) is 6.92 Å². The van der Waals surface area contributed by atoms with Crippen LogP contribution in [0.3, 0.4) is 0 Å². The van der Waals surface area contributed by atoms with Gasteiger partial charge in [-0.15, -0.1) is 0 Å². The minimum Gasteiger partial charge on any atom is -0.332 e. The summed E-state index contributed by atoms with van der Waals surface area (Å²) in [6.45, 7) is 2.44. The molecule has 0 fully saturated rings. The van der Waals surface area contributed by atoms with Crippen molar-refractivity contribution in [1.29, 1.82) is 0 Å². The largest absolute Gasteiger partial charge is 0.332 e. The summed E-state index contributed by atoms with van der Waals surface area (Å²) in [4.78, 5) is 27.1. The molecule has 0 atom stereocenters. The van der Waals surface area contributed by atoms with Gasteiger partial charge in [0.25, 0.3) is 11.8 Å². The van der Waals surface area contributed by atoms with E-state index in [2.05, 4.69) is 10.6 Å². The molecule has 0 heterocycles. The summed E-state index contributed by atoms with van der Waals surface area (Å²) in [7, 11) is 0. The number of rotatable bonds is 5. The van der Waals surface area contributed by atoms with Crippen molar-refractivity contribution in [2.24, 2.45) is 0 Å². The smallest absolute Gasteiger partial charge is 0.258 e. The summed E-state index contributed by atoms with van der Waals surface area (Å²) in [5, 5.41) is 6.28. The number of hydrogen-bond donors (Lipinski definition) is 2. The van der Waals surface area contributed by atoms with Gasteiger partial charge in [0.2, 0.25) is 0 Å². The zero-order valence-corrected chi connectivity index (χ0v) is 18.9. The molecule has 0 aliphatic rings. The van der Waals surface area contributed by atoms with Gasteiger partial charge in [-0.2, -0.15) is 0 Å². The van der Waals surface area contributed by atoms with Gasteiger partial charge < -0.3 is 10.2 Å². The monoisotopic (exact) mass is 471 g/mol. The van der Waals surface area contributed by atoms with E-state index in [0.29, 0.717) is 27.8 Å².